The Hall–Kier alpha value is -1.51. The van der Waals surface area contributed by atoms with E-state index in [0.29, 0.717) is 12.1 Å². The van der Waals surface area contributed by atoms with E-state index in [9.17, 15) is 9.90 Å². The number of hydrogen-bond acceptors (Lipinski definition) is 2. The fourth-order valence-electron chi connectivity index (χ4n) is 1.96. The number of phenolic OH excluding ortho intramolecular Hbond substituents is 1. The van der Waals surface area contributed by atoms with E-state index in [-0.39, 0.29) is 11.7 Å². The summed E-state index contributed by atoms with van der Waals surface area (Å²) in [4.78, 5) is 11.8. The van der Waals surface area contributed by atoms with Gasteiger partial charge in [-0.05, 0) is 31.0 Å². The number of unbranched alkanes of at least 4 members (excludes halogenated alkanes) is 5. The van der Waals surface area contributed by atoms with Gasteiger partial charge in [-0.2, -0.15) is 0 Å². The number of phenols is 1. The summed E-state index contributed by atoms with van der Waals surface area (Å²) in [5.41, 5.74) is 1.31. The summed E-state index contributed by atoms with van der Waals surface area (Å²) in [6.07, 6.45) is 7.28. The topological polar surface area (TPSA) is 49.3 Å². The maximum Gasteiger partial charge on any atom is 0.251 e. The number of aromatic hydroxyl groups is 1. The molecule has 0 fully saturated rings. The Morgan fingerprint density at radius 3 is 2.53 bits per heavy atom. The molecule has 0 aliphatic heterocycles. The highest BCUT2D eigenvalue weighted by Crippen LogP contribution is 2.17. The van der Waals surface area contributed by atoms with E-state index < -0.39 is 0 Å². The average molecular weight is 263 g/mol. The third-order valence-electron chi connectivity index (χ3n) is 3.29. The van der Waals surface area contributed by atoms with Crippen LogP contribution in [0.5, 0.6) is 5.75 Å². The quantitative estimate of drug-likeness (QED) is 0.701. The van der Waals surface area contributed by atoms with Gasteiger partial charge in [0.05, 0.1) is 0 Å². The summed E-state index contributed by atoms with van der Waals surface area (Å²) in [6.45, 7) is 4.73. The minimum atomic E-state index is -0.108. The fourth-order valence-corrected chi connectivity index (χ4v) is 1.96. The van der Waals surface area contributed by atoms with Gasteiger partial charge in [-0.15, -0.1) is 0 Å². The largest absolute Gasteiger partial charge is 0.508 e. The Kier molecular flexibility index (Phi) is 7.01. The SMILES string of the molecule is CCCCCCCCNC(=O)c1ccc(C)c(O)c1. The van der Waals surface area contributed by atoms with Crippen LogP contribution in [0.3, 0.4) is 0 Å². The molecule has 19 heavy (non-hydrogen) atoms. The predicted octanol–water partition coefficient (Wildman–Crippen LogP) is 3.79. The van der Waals surface area contributed by atoms with Crippen LogP contribution in [0.2, 0.25) is 0 Å². The molecule has 0 saturated heterocycles. The van der Waals surface area contributed by atoms with Crippen molar-refractivity contribution in [2.24, 2.45) is 0 Å². The number of benzene rings is 1. The van der Waals surface area contributed by atoms with Gasteiger partial charge in [-0.3, -0.25) is 4.79 Å². The highest BCUT2D eigenvalue weighted by atomic mass is 16.3. The monoisotopic (exact) mass is 263 g/mol. The highest BCUT2D eigenvalue weighted by Gasteiger charge is 2.06. The van der Waals surface area contributed by atoms with Crippen LogP contribution in [0.15, 0.2) is 18.2 Å². The third kappa shape index (κ3) is 5.77. The van der Waals surface area contributed by atoms with Crippen LogP contribution in [0, 0.1) is 6.92 Å². The second kappa shape index (κ2) is 8.57. The molecule has 0 spiro atoms. The number of carbonyl (C=O) groups is 1. The van der Waals surface area contributed by atoms with Crippen molar-refractivity contribution in [1.82, 2.24) is 5.32 Å². The van der Waals surface area contributed by atoms with E-state index in [4.69, 9.17) is 0 Å². The van der Waals surface area contributed by atoms with Crippen LogP contribution in [-0.4, -0.2) is 17.6 Å². The van der Waals surface area contributed by atoms with Gasteiger partial charge in [0, 0.05) is 12.1 Å². The van der Waals surface area contributed by atoms with Gasteiger partial charge in [0.15, 0.2) is 0 Å². The van der Waals surface area contributed by atoms with Crippen LogP contribution < -0.4 is 5.32 Å². The first kappa shape index (κ1) is 15.5. The molecule has 0 aliphatic rings. The van der Waals surface area contributed by atoms with Crippen molar-refractivity contribution in [3.05, 3.63) is 29.3 Å². The highest BCUT2D eigenvalue weighted by molar-refractivity contribution is 5.94. The van der Waals surface area contributed by atoms with Gasteiger partial charge in [-0.1, -0.05) is 45.1 Å². The number of amides is 1. The number of rotatable bonds is 8. The standard InChI is InChI=1S/C16H25NO2/c1-3-4-5-6-7-8-11-17-16(19)14-10-9-13(2)15(18)12-14/h9-10,12,18H,3-8,11H2,1-2H3,(H,17,19). The summed E-state index contributed by atoms with van der Waals surface area (Å²) in [6, 6.07) is 5.02. The summed E-state index contributed by atoms with van der Waals surface area (Å²) in [7, 11) is 0. The molecule has 1 rings (SSSR count). The van der Waals surface area contributed by atoms with E-state index in [1.54, 1.807) is 12.1 Å². The third-order valence-corrected chi connectivity index (χ3v) is 3.29. The molecule has 1 aromatic rings. The second-order valence-electron chi connectivity index (χ2n) is 5.02. The fraction of sp³-hybridized carbons (Fsp3) is 0.562. The summed E-state index contributed by atoms with van der Waals surface area (Å²) >= 11 is 0. The van der Waals surface area contributed by atoms with E-state index in [1.807, 2.05) is 6.92 Å². The molecule has 1 aromatic carbocycles. The number of nitrogens with one attached hydrogen (secondary N) is 1. The molecule has 3 nitrogen and oxygen atoms in total. The molecule has 0 saturated carbocycles. The first-order valence-corrected chi connectivity index (χ1v) is 7.23. The Bertz CT molecular complexity index is 402. The van der Waals surface area contributed by atoms with E-state index in [1.165, 1.54) is 38.2 Å². The van der Waals surface area contributed by atoms with Crippen molar-refractivity contribution in [2.75, 3.05) is 6.54 Å². The maximum absolute atomic E-state index is 11.8. The smallest absolute Gasteiger partial charge is 0.251 e. The molecular formula is C16H25NO2. The summed E-state index contributed by atoms with van der Waals surface area (Å²) in [5.74, 6) is 0.0658. The Morgan fingerprint density at radius 2 is 1.84 bits per heavy atom. The van der Waals surface area contributed by atoms with Gasteiger partial charge in [0.25, 0.3) is 5.91 Å². The first-order valence-electron chi connectivity index (χ1n) is 7.23. The van der Waals surface area contributed by atoms with Gasteiger partial charge < -0.3 is 10.4 Å². The number of aryl methyl sites for hydroxylation is 1. The molecule has 0 unspecified atom stereocenters. The molecule has 2 N–H and O–H groups in total. The molecule has 1 amide bonds. The predicted molar refractivity (Wildman–Crippen MR) is 78.6 cm³/mol. The van der Waals surface area contributed by atoms with E-state index >= 15 is 0 Å². The molecule has 0 atom stereocenters. The molecule has 106 valence electrons. The van der Waals surface area contributed by atoms with Gasteiger partial charge in [0.2, 0.25) is 0 Å². The van der Waals surface area contributed by atoms with Crippen LogP contribution >= 0.6 is 0 Å². The lowest BCUT2D eigenvalue weighted by Gasteiger charge is -2.06. The maximum atomic E-state index is 11.8. The van der Waals surface area contributed by atoms with Gasteiger partial charge in [0.1, 0.15) is 5.75 Å². The lowest BCUT2D eigenvalue weighted by Crippen LogP contribution is -2.24. The van der Waals surface area contributed by atoms with Crippen molar-refractivity contribution >= 4 is 5.91 Å². The van der Waals surface area contributed by atoms with Crippen molar-refractivity contribution in [3.63, 3.8) is 0 Å². The second-order valence-corrected chi connectivity index (χ2v) is 5.02. The van der Waals surface area contributed by atoms with Crippen LogP contribution in [0.4, 0.5) is 0 Å². The number of carbonyl (C=O) groups excluding carboxylic acids is 1. The molecule has 0 radical (unpaired) electrons. The van der Waals surface area contributed by atoms with Crippen LogP contribution in [0.25, 0.3) is 0 Å². The molecule has 3 heteroatoms. The minimum Gasteiger partial charge on any atom is -0.508 e. The van der Waals surface area contributed by atoms with Crippen molar-refractivity contribution in [1.29, 1.82) is 0 Å². The zero-order chi connectivity index (χ0) is 14.1. The molecular weight excluding hydrogens is 238 g/mol. The minimum absolute atomic E-state index is 0.108. The zero-order valence-corrected chi connectivity index (χ0v) is 12.0. The molecule has 0 aromatic heterocycles. The molecule has 0 bridgehead atoms. The van der Waals surface area contributed by atoms with Crippen molar-refractivity contribution in [2.45, 2.75) is 52.4 Å². The van der Waals surface area contributed by atoms with Gasteiger partial charge in [-0.25, -0.2) is 0 Å². The summed E-state index contributed by atoms with van der Waals surface area (Å²) in [5, 5.41) is 12.4. The van der Waals surface area contributed by atoms with E-state index in [2.05, 4.69) is 12.2 Å². The zero-order valence-electron chi connectivity index (χ0n) is 12.0. The Labute approximate surface area is 116 Å². The lowest BCUT2D eigenvalue weighted by atomic mass is 10.1. The van der Waals surface area contributed by atoms with E-state index in [0.717, 1.165) is 12.0 Å². The average Bonchev–Trinajstić information content (AvgIpc) is 2.40. The van der Waals surface area contributed by atoms with Gasteiger partial charge >= 0.3 is 0 Å². The normalized spacial score (nSPS) is 10.4. The van der Waals surface area contributed by atoms with Crippen LogP contribution in [0.1, 0.15) is 61.4 Å². The molecule has 0 heterocycles. The Morgan fingerprint density at radius 1 is 1.16 bits per heavy atom. The van der Waals surface area contributed by atoms with Crippen molar-refractivity contribution in [3.8, 4) is 5.75 Å². The lowest BCUT2D eigenvalue weighted by molar-refractivity contribution is 0.0952. The van der Waals surface area contributed by atoms with Crippen molar-refractivity contribution < 1.29 is 9.90 Å². The molecule has 0 aliphatic carbocycles. The number of hydrogen-bond donors (Lipinski definition) is 2. The first-order chi connectivity index (χ1) is 9.15. The van der Waals surface area contributed by atoms with Crippen LogP contribution in [-0.2, 0) is 0 Å². The Balaban J connectivity index is 2.22. The summed E-state index contributed by atoms with van der Waals surface area (Å²) < 4.78 is 0.